The summed E-state index contributed by atoms with van der Waals surface area (Å²) in [6.07, 6.45) is 3.57. The Balaban J connectivity index is 1.78. The van der Waals surface area contributed by atoms with Crippen LogP contribution in [0.25, 0.3) is 0 Å². The molecular formula is C14H17FO2S. The van der Waals surface area contributed by atoms with Gasteiger partial charge in [0, 0.05) is 27.7 Å². The summed E-state index contributed by atoms with van der Waals surface area (Å²) in [5.74, 6) is -0.265. The van der Waals surface area contributed by atoms with Gasteiger partial charge in [0.2, 0.25) is 0 Å². The minimum atomic E-state index is -0.798. The average molecular weight is 268 g/mol. The molecule has 2 fully saturated rings. The predicted molar refractivity (Wildman–Crippen MR) is 69.2 cm³/mol. The summed E-state index contributed by atoms with van der Waals surface area (Å²) in [6, 6.07) is 6.40. The molecule has 2 atom stereocenters. The highest BCUT2D eigenvalue weighted by Crippen LogP contribution is 2.42. The third-order valence-electron chi connectivity index (χ3n) is 4.11. The molecule has 3 rings (SSSR count). The van der Waals surface area contributed by atoms with E-state index in [1.165, 1.54) is 12.1 Å². The molecule has 2 aliphatic rings. The van der Waals surface area contributed by atoms with Gasteiger partial charge >= 0.3 is 0 Å². The van der Waals surface area contributed by atoms with Crippen LogP contribution in [0.15, 0.2) is 24.3 Å². The van der Waals surface area contributed by atoms with E-state index in [1.54, 1.807) is 6.07 Å². The third kappa shape index (κ3) is 2.24. The summed E-state index contributed by atoms with van der Waals surface area (Å²) in [7, 11) is -0.762. The molecule has 0 saturated carbocycles. The van der Waals surface area contributed by atoms with E-state index < -0.39 is 16.4 Å². The van der Waals surface area contributed by atoms with E-state index in [0.29, 0.717) is 19.3 Å². The van der Waals surface area contributed by atoms with Crippen LogP contribution in [0.5, 0.6) is 0 Å². The zero-order chi connectivity index (χ0) is 12.8. The van der Waals surface area contributed by atoms with Gasteiger partial charge in [-0.2, -0.15) is 0 Å². The van der Waals surface area contributed by atoms with Crippen molar-refractivity contribution in [1.82, 2.24) is 0 Å². The van der Waals surface area contributed by atoms with Gasteiger partial charge in [-0.05, 0) is 43.4 Å². The van der Waals surface area contributed by atoms with Crippen molar-refractivity contribution in [2.45, 2.75) is 48.2 Å². The molecule has 0 aliphatic carbocycles. The first-order valence-electron chi connectivity index (χ1n) is 6.42. The summed E-state index contributed by atoms with van der Waals surface area (Å²) >= 11 is 0. The molecule has 18 heavy (non-hydrogen) atoms. The van der Waals surface area contributed by atoms with Crippen molar-refractivity contribution in [1.29, 1.82) is 0 Å². The second kappa shape index (κ2) is 4.42. The number of rotatable bonds is 2. The smallest absolute Gasteiger partial charge is 0.123 e. The predicted octanol–water partition coefficient (Wildman–Crippen LogP) is 2.17. The van der Waals surface area contributed by atoms with E-state index in [9.17, 15) is 13.7 Å². The molecule has 2 aliphatic heterocycles. The number of hydrogen-bond donors (Lipinski definition) is 1. The van der Waals surface area contributed by atoms with Crippen molar-refractivity contribution in [3.8, 4) is 0 Å². The lowest BCUT2D eigenvalue weighted by molar-refractivity contribution is 0.0230. The Labute approximate surface area is 109 Å². The van der Waals surface area contributed by atoms with Crippen molar-refractivity contribution < 1.29 is 13.7 Å². The Morgan fingerprint density at radius 3 is 2.61 bits per heavy atom. The molecule has 2 heterocycles. The molecule has 2 saturated heterocycles. The van der Waals surface area contributed by atoms with Crippen LogP contribution >= 0.6 is 0 Å². The van der Waals surface area contributed by atoms with Gasteiger partial charge in [-0.1, -0.05) is 12.1 Å². The van der Waals surface area contributed by atoms with Crippen LogP contribution in [0.4, 0.5) is 4.39 Å². The van der Waals surface area contributed by atoms with Gasteiger partial charge in [0.25, 0.3) is 0 Å². The highest BCUT2D eigenvalue weighted by molar-refractivity contribution is 7.86. The van der Waals surface area contributed by atoms with E-state index in [1.807, 2.05) is 6.07 Å². The third-order valence-corrected chi connectivity index (χ3v) is 6.22. The summed E-state index contributed by atoms with van der Waals surface area (Å²) in [5.41, 5.74) is 0.0256. The van der Waals surface area contributed by atoms with Gasteiger partial charge in [0.15, 0.2) is 0 Å². The monoisotopic (exact) mass is 268 g/mol. The molecule has 1 aromatic carbocycles. The summed E-state index contributed by atoms with van der Waals surface area (Å²) in [5, 5.41) is 10.9. The Kier molecular flexibility index (Phi) is 3.02. The Morgan fingerprint density at radius 2 is 2.00 bits per heavy atom. The molecule has 0 amide bonds. The number of fused-ring (bicyclic) bond motifs is 2. The van der Waals surface area contributed by atoms with E-state index in [-0.39, 0.29) is 16.3 Å². The lowest BCUT2D eigenvalue weighted by Gasteiger charge is -2.36. The SMILES string of the molecule is O=S1C2CCC1CC(O)(Cc1cccc(F)c1)C2. The van der Waals surface area contributed by atoms with Gasteiger partial charge in [-0.15, -0.1) is 0 Å². The van der Waals surface area contributed by atoms with Gasteiger partial charge in [-0.25, -0.2) is 4.39 Å². The molecule has 0 spiro atoms. The fourth-order valence-electron chi connectivity index (χ4n) is 3.35. The normalized spacial score (nSPS) is 38.9. The van der Waals surface area contributed by atoms with E-state index in [2.05, 4.69) is 0 Å². The van der Waals surface area contributed by atoms with E-state index in [4.69, 9.17) is 0 Å². The largest absolute Gasteiger partial charge is 0.389 e. The zero-order valence-electron chi connectivity index (χ0n) is 10.1. The molecule has 2 unspecified atom stereocenters. The highest BCUT2D eigenvalue weighted by Gasteiger charge is 2.47. The van der Waals surface area contributed by atoms with E-state index >= 15 is 0 Å². The second-order valence-corrected chi connectivity index (χ2v) is 7.58. The lowest BCUT2D eigenvalue weighted by Crippen LogP contribution is -2.44. The van der Waals surface area contributed by atoms with Crippen LogP contribution in [-0.2, 0) is 17.2 Å². The summed E-state index contributed by atoms with van der Waals surface area (Å²) < 4.78 is 25.1. The van der Waals surface area contributed by atoms with Crippen LogP contribution < -0.4 is 0 Å². The molecule has 2 nitrogen and oxygen atoms in total. The van der Waals surface area contributed by atoms with Crippen molar-refractivity contribution in [2.24, 2.45) is 0 Å². The Morgan fingerprint density at radius 1 is 1.33 bits per heavy atom. The molecule has 0 radical (unpaired) electrons. The van der Waals surface area contributed by atoms with Gasteiger partial charge in [0.05, 0.1) is 5.60 Å². The Bertz CT molecular complexity index is 472. The minimum Gasteiger partial charge on any atom is -0.389 e. The molecule has 98 valence electrons. The maximum atomic E-state index is 13.1. The maximum Gasteiger partial charge on any atom is 0.123 e. The Hall–Kier alpha value is -0.740. The van der Waals surface area contributed by atoms with Crippen LogP contribution in [0, 0.1) is 5.82 Å². The van der Waals surface area contributed by atoms with Crippen LogP contribution in [0.3, 0.4) is 0 Å². The number of halogens is 1. The molecule has 4 heteroatoms. The summed E-state index contributed by atoms with van der Waals surface area (Å²) in [4.78, 5) is 0. The van der Waals surface area contributed by atoms with Gasteiger partial charge in [0.1, 0.15) is 5.82 Å². The zero-order valence-corrected chi connectivity index (χ0v) is 11.0. The fourth-order valence-corrected chi connectivity index (χ4v) is 5.58. The second-order valence-electron chi connectivity index (χ2n) is 5.59. The first-order valence-corrected chi connectivity index (χ1v) is 7.70. The van der Waals surface area contributed by atoms with Crippen LogP contribution in [0.1, 0.15) is 31.2 Å². The number of hydrogen-bond acceptors (Lipinski definition) is 2. The quantitative estimate of drug-likeness (QED) is 0.892. The van der Waals surface area contributed by atoms with Crippen molar-refractivity contribution >= 4 is 10.8 Å². The first kappa shape index (κ1) is 12.3. The molecule has 0 aromatic heterocycles. The average Bonchev–Trinajstić information content (AvgIpc) is 2.54. The highest BCUT2D eigenvalue weighted by atomic mass is 32.2. The molecule has 2 bridgehead atoms. The van der Waals surface area contributed by atoms with Crippen molar-refractivity contribution in [2.75, 3.05) is 0 Å². The number of aliphatic hydroxyl groups is 1. The molecule has 1 N–H and O–H groups in total. The summed E-state index contributed by atoms with van der Waals surface area (Å²) in [6.45, 7) is 0. The van der Waals surface area contributed by atoms with Crippen LogP contribution in [0.2, 0.25) is 0 Å². The van der Waals surface area contributed by atoms with Gasteiger partial charge in [-0.3, -0.25) is 4.21 Å². The fraction of sp³-hybridized carbons (Fsp3) is 0.571. The first-order chi connectivity index (χ1) is 8.56. The minimum absolute atomic E-state index is 0.141. The molecular weight excluding hydrogens is 251 g/mol. The van der Waals surface area contributed by atoms with Crippen molar-refractivity contribution in [3.05, 3.63) is 35.6 Å². The maximum absolute atomic E-state index is 13.1. The van der Waals surface area contributed by atoms with Crippen molar-refractivity contribution in [3.63, 3.8) is 0 Å². The standard InChI is InChI=1S/C14H17FO2S/c15-11-3-1-2-10(6-11)7-14(16)8-12-4-5-13(9-14)18(12)17/h1-3,6,12-13,16H,4-5,7-9H2. The number of benzene rings is 1. The van der Waals surface area contributed by atoms with E-state index in [0.717, 1.165) is 18.4 Å². The van der Waals surface area contributed by atoms with Gasteiger partial charge < -0.3 is 5.11 Å². The topological polar surface area (TPSA) is 37.3 Å². The lowest BCUT2D eigenvalue weighted by atomic mass is 9.87. The van der Waals surface area contributed by atoms with Crippen LogP contribution in [-0.4, -0.2) is 25.4 Å². The molecule has 1 aromatic rings.